The minimum absolute atomic E-state index is 0.0769. The summed E-state index contributed by atoms with van der Waals surface area (Å²) in [6.45, 7) is 6.54. The maximum absolute atomic E-state index is 12.1. The molecule has 150 valence electrons. The van der Waals surface area contributed by atoms with E-state index in [-0.39, 0.29) is 5.91 Å². The lowest BCUT2D eigenvalue weighted by Gasteiger charge is -2.37. The van der Waals surface area contributed by atoms with Gasteiger partial charge in [0.05, 0.1) is 11.2 Å². The zero-order valence-corrected chi connectivity index (χ0v) is 17.7. The van der Waals surface area contributed by atoms with Crippen LogP contribution in [0.3, 0.4) is 0 Å². The molecule has 1 aliphatic heterocycles. The number of aliphatic imine (C=N–C) groups is 1. The quantitative estimate of drug-likeness (QED) is 0.441. The molecule has 1 aromatic heterocycles. The smallest absolute Gasteiger partial charge is 0.263 e. The number of hydrogen-bond donors (Lipinski definition) is 2. The summed E-state index contributed by atoms with van der Waals surface area (Å²) in [7, 11) is 1.78. The molecule has 0 atom stereocenters. The molecule has 0 radical (unpaired) electrons. The highest BCUT2D eigenvalue weighted by atomic mass is 35.5. The van der Waals surface area contributed by atoms with Crippen LogP contribution >= 0.6 is 22.9 Å². The molecule has 0 saturated carbocycles. The average Bonchev–Trinajstić information content (AvgIpc) is 3.14. The third-order valence-electron chi connectivity index (χ3n) is 4.61. The molecular formula is C19H25ClN6OS. The Bertz CT molecular complexity index is 831. The Balaban J connectivity index is 1.42. The number of carbonyl (C=O) groups is 1. The maximum atomic E-state index is 12.1. The molecule has 2 N–H and O–H groups in total. The Morgan fingerprint density at radius 2 is 2.00 bits per heavy atom. The van der Waals surface area contributed by atoms with Crippen molar-refractivity contribution in [2.45, 2.75) is 6.92 Å². The SMILES string of the molecule is CN=C(NCCNC(=O)c1scnc1C)N1CCN(c2cccc(Cl)c2)CC1. The van der Waals surface area contributed by atoms with Crippen LogP contribution in [0.25, 0.3) is 0 Å². The molecule has 1 amide bonds. The molecule has 0 bridgehead atoms. The molecular weight excluding hydrogens is 396 g/mol. The zero-order valence-electron chi connectivity index (χ0n) is 16.1. The number of nitrogens with zero attached hydrogens (tertiary/aromatic N) is 4. The third-order valence-corrected chi connectivity index (χ3v) is 5.77. The molecule has 1 fully saturated rings. The first-order chi connectivity index (χ1) is 13.6. The molecule has 0 unspecified atom stereocenters. The fourth-order valence-corrected chi connectivity index (χ4v) is 4.04. The minimum atomic E-state index is -0.0769. The second-order valence-corrected chi connectivity index (χ2v) is 7.74. The second-order valence-electron chi connectivity index (χ2n) is 6.45. The van der Waals surface area contributed by atoms with Crippen molar-refractivity contribution in [3.05, 3.63) is 45.4 Å². The Labute approximate surface area is 174 Å². The van der Waals surface area contributed by atoms with Crippen LogP contribution in [-0.4, -0.2) is 68.1 Å². The van der Waals surface area contributed by atoms with E-state index in [1.54, 1.807) is 12.6 Å². The molecule has 2 heterocycles. The minimum Gasteiger partial charge on any atom is -0.368 e. The van der Waals surface area contributed by atoms with E-state index < -0.39 is 0 Å². The molecule has 1 saturated heterocycles. The summed E-state index contributed by atoms with van der Waals surface area (Å²) in [5, 5.41) is 7.00. The fourth-order valence-electron chi connectivity index (χ4n) is 3.13. The van der Waals surface area contributed by atoms with E-state index >= 15 is 0 Å². The van der Waals surface area contributed by atoms with Gasteiger partial charge in [0.1, 0.15) is 4.88 Å². The van der Waals surface area contributed by atoms with Crippen LogP contribution in [0.5, 0.6) is 0 Å². The summed E-state index contributed by atoms with van der Waals surface area (Å²) < 4.78 is 0. The number of hydrogen-bond acceptors (Lipinski definition) is 5. The van der Waals surface area contributed by atoms with Crippen LogP contribution in [0.15, 0.2) is 34.8 Å². The van der Waals surface area contributed by atoms with E-state index in [1.165, 1.54) is 11.3 Å². The highest BCUT2D eigenvalue weighted by molar-refractivity contribution is 7.11. The van der Waals surface area contributed by atoms with Gasteiger partial charge in [0.2, 0.25) is 0 Å². The number of benzene rings is 1. The number of thiazole rings is 1. The van der Waals surface area contributed by atoms with Gasteiger partial charge in [0, 0.05) is 57.0 Å². The van der Waals surface area contributed by atoms with Crippen molar-refractivity contribution >= 4 is 40.5 Å². The summed E-state index contributed by atoms with van der Waals surface area (Å²) in [6.07, 6.45) is 0. The van der Waals surface area contributed by atoms with Crippen molar-refractivity contribution in [3.63, 3.8) is 0 Å². The van der Waals surface area contributed by atoms with Crippen LogP contribution in [0.1, 0.15) is 15.4 Å². The summed E-state index contributed by atoms with van der Waals surface area (Å²) >= 11 is 7.46. The molecule has 1 aromatic carbocycles. The van der Waals surface area contributed by atoms with Crippen LogP contribution in [0.2, 0.25) is 5.02 Å². The van der Waals surface area contributed by atoms with Crippen molar-refractivity contribution in [3.8, 4) is 0 Å². The van der Waals surface area contributed by atoms with E-state index in [0.717, 1.165) is 48.5 Å². The van der Waals surface area contributed by atoms with Crippen molar-refractivity contribution < 1.29 is 4.79 Å². The van der Waals surface area contributed by atoms with Gasteiger partial charge in [0.25, 0.3) is 5.91 Å². The molecule has 9 heteroatoms. The summed E-state index contributed by atoms with van der Waals surface area (Å²) in [5.74, 6) is 0.779. The average molecular weight is 421 g/mol. The number of anilines is 1. The standard InChI is InChI=1S/C19H25ClN6OS/c1-14-17(28-13-24-14)18(27)22-6-7-23-19(21-2)26-10-8-25(9-11-26)16-5-3-4-15(20)12-16/h3-5,12-13H,6-11H2,1-2H3,(H,21,23)(H,22,27). The predicted molar refractivity (Wildman–Crippen MR) is 116 cm³/mol. The van der Waals surface area contributed by atoms with Gasteiger partial charge in [-0.3, -0.25) is 9.79 Å². The number of nitrogens with one attached hydrogen (secondary N) is 2. The molecule has 3 rings (SSSR count). The Morgan fingerprint density at radius 1 is 1.25 bits per heavy atom. The first-order valence-corrected chi connectivity index (χ1v) is 10.5. The number of halogens is 1. The van der Waals surface area contributed by atoms with Crippen molar-refractivity contribution in [1.29, 1.82) is 0 Å². The van der Waals surface area contributed by atoms with E-state index in [9.17, 15) is 4.79 Å². The Hall–Kier alpha value is -2.32. The monoisotopic (exact) mass is 420 g/mol. The first kappa shape index (κ1) is 20.4. The number of guanidine groups is 1. The number of aryl methyl sites for hydroxylation is 1. The Morgan fingerprint density at radius 3 is 2.64 bits per heavy atom. The van der Waals surface area contributed by atoms with Crippen molar-refractivity contribution in [2.24, 2.45) is 4.99 Å². The molecule has 1 aliphatic rings. The fraction of sp³-hybridized carbons (Fsp3) is 0.421. The summed E-state index contributed by atoms with van der Waals surface area (Å²) in [5.41, 5.74) is 3.60. The lowest BCUT2D eigenvalue weighted by atomic mass is 10.2. The van der Waals surface area contributed by atoms with Crippen LogP contribution in [0.4, 0.5) is 5.69 Å². The van der Waals surface area contributed by atoms with E-state index in [4.69, 9.17) is 11.6 Å². The van der Waals surface area contributed by atoms with Gasteiger partial charge in [-0.2, -0.15) is 0 Å². The zero-order chi connectivity index (χ0) is 19.9. The lowest BCUT2D eigenvalue weighted by molar-refractivity contribution is 0.0957. The van der Waals surface area contributed by atoms with Crippen molar-refractivity contribution in [1.82, 2.24) is 20.5 Å². The summed E-state index contributed by atoms with van der Waals surface area (Å²) in [4.78, 5) is 25.8. The van der Waals surface area contributed by atoms with Gasteiger partial charge in [-0.15, -0.1) is 11.3 Å². The summed E-state index contributed by atoms with van der Waals surface area (Å²) in [6, 6.07) is 7.95. The van der Waals surface area contributed by atoms with Crippen LogP contribution in [0, 0.1) is 6.92 Å². The van der Waals surface area contributed by atoms with Gasteiger partial charge in [-0.05, 0) is 25.1 Å². The molecule has 28 heavy (non-hydrogen) atoms. The number of piperazine rings is 1. The van der Waals surface area contributed by atoms with Gasteiger partial charge < -0.3 is 20.4 Å². The molecule has 2 aromatic rings. The van der Waals surface area contributed by atoms with Crippen LogP contribution in [-0.2, 0) is 0 Å². The largest absolute Gasteiger partial charge is 0.368 e. The lowest BCUT2D eigenvalue weighted by Crippen LogP contribution is -2.53. The topological polar surface area (TPSA) is 72.9 Å². The normalized spacial score (nSPS) is 14.9. The third kappa shape index (κ3) is 5.14. The Kier molecular flexibility index (Phi) is 7.11. The van der Waals surface area contributed by atoms with Gasteiger partial charge >= 0.3 is 0 Å². The number of carbonyl (C=O) groups excluding carboxylic acids is 1. The highest BCUT2D eigenvalue weighted by Gasteiger charge is 2.20. The molecule has 0 spiro atoms. The van der Waals surface area contributed by atoms with E-state index in [0.29, 0.717) is 18.0 Å². The van der Waals surface area contributed by atoms with Gasteiger partial charge in [-0.25, -0.2) is 4.98 Å². The predicted octanol–water partition coefficient (Wildman–Crippen LogP) is 2.23. The second kappa shape index (κ2) is 9.75. The number of amides is 1. The number of aromatic nitrogens is 1. The molecule has 0 aliphatic carbocycles. The van der Waals surface area contributed by atoms with Gasteiger partial charge in [0.15, 0.2) is 5.96 Å². The van der Waals surface area contributed by atoms with E-state index in [2.05, 4.69) is 36.5 Å². The number of rotatable bonds is 5. The molecule has 7 nitrogen and oxygen atoms in total. The van der Waals surface area contributed by atoms with Gasteiger partial charge in [-0.1, -0.05) is 17.7 Å². The van der Waals surface area contributed by atoms with Crippen LogP contribution < -0.4 is 15.5 Å². The first-order valence-electron chi connectivity index (χ1n) is 9.23. The van der Waals surface area contributed by atoms with Crippen molar-refractivity contribution in [2.75, 3.05) is 51.2 Å². The highest BCUT2D eigenvalue weighted by Crippen LogP contribution is 2.20. The maximum Gasteiger partial charge on any atom is 0.263 e. The van der Waals surface area contributed by atoms with E-state index in [1.807, 2.05) is 25.1 Å².